The second-order valence-corrected chi connectivity index (χ2v) is 9.07. The third kappa shape index (κ3) is 4.96. The third-order valence-corrected chi connectivity index (χ3v) is 7.21. The first-order valence-corrected chi connectivity index (χ1v) is 11.3. The van der Waals surface area contributed by atoms with Crippen LogP contribution in [0.4, 0.5) is 0 Å². The first-order chi connectivity index (χ1) is 13.3. The number of morpholine rings is 1. The first-order valence-electron chi connectivity index (χ1n) is 11.3. The number of nitrogens with one attached hydrogen (secondary N) is 2. The van der Waals surface area contributed by atoms with Gasteiger partial charge in [0, 0.05) is 51.4 Å². The summed E-state index contributed by atoms with van der Waals surface area (Å²) in [6, 6.07) is 0.909. The summed E-state index contributed by atoms with van der Waals surface area (Å²) in [5.41, 5.74) is 0.287. The first kappa shape index (κ1) is 19.5. The lowest BCUT2D eigenvalue weighted by molar-refractivity contribution is -0.0352. The molecule has 4 fully saturated rings. The lowest BCUT2D eigenvalue weighted by Crippen LogP contribution is -2.60. The number of hydrogen-bond acceptors (Lipinski definition) is 4. The second kappa shape index (κ2) is 9.10. The van der Waals surface area contributed by atoms with Gasteiger partial charge in [-0.25, -0.2) is 0 Å². The summed E-state index contributed by atoms with van der Waals surface area (Å²) in [4.78, 5) is 9.90. The number of likely N-dealkylation sites (tertiary alicyclic amines) is 1. The van der Waals surface area contributed by atoms with E-state index < -0.39 is 0 Å². The monoisotopic (exact) mass is 377 g/mol. The normalized spacial score (nSPS) is 30.4. The molecule has 2 aliphatic carbocycles. The minimum absolute atomic E-state index is 0.287. The summed E-state index contributed by atoms with van der Waals surface area (Å²) in [6.07, 6.45) is 10.9. The van der Waals surface area contributed by atoms with Gasteiger partial charge in [-0.1, -0.05) is 19.3 Å². The Morgan fingerprint density at radius 2 is 1.81 bits per heavy atom. The zero-order chi connectivity index (χ0) is 18.5. The van der Waals surface area contributed by atoms with Crippen molar-refractivity contribution in [3.63, 3.8) is 0 Å². The molecule has 0 aromatic rings. The van der Waals surface area contributed by atoms with Crippen LogP contribution >= 0.6 is 0 Å². The summed E-state index contributed by atoms with van der Waals surface area (Å²) in [5.74, 6) is 1.75. The van der Waals surface area contributed by atoms with Gasteiger partial charge in [-0.2, -0.15) is 0 Å². The molecule has 6 heteroatoms. The van der Waals surface area contributed by atoms with Crippen molar-refractivity contribution in [2.45, 2.75) is 62.9 Å². The highest BCUT2D eigenvalue weighted by molar-refractivity contribution is 5.79. The van der Waals surface area contributed by atoms with Gasteiger partial charge in [0.05, 0.1) is 13.2 Å². The number of guanidine groups is 1. The zero-order valence-corrected chi connectivity index (χ0v) is 17.2. The number of nitrogens with zero attached hydrogens (tertiary/aromatic N) is 3. The predicted molar refractivity (Wildman–Crippen MR) is 110 cm³/mol. The Bertz CT molecular complexity index is 495. The van der Waals surface area contributed by atoms with Crippen LogP contribution in [0.2, 0.25) is 0 Å². The van der Waals surface area contributed by atoms with Gasteiger partial charge in [0.25, 0.3) is 0 Å². The molecule has 0 radical (unpaired) electrons. The van der Waals surface area contributed by atoms with E-state index in [9.17, 15) is 0 Å². The molecule has 154 valence electrons. The molecule has 0 spiro atoms. The van der Waals surface area contributed by atoms with Crippen molar-refractivity contribution in [1.29, 1.82) is 0 Å². The molecule has 2 aliphatic heterocycles. The van der Waals surface area contributed by atoms with Crippen LogP contribution in [0.15, 0.2) is 4.99 Å². The number of aliphatic imine (C=N–C) groups is 1. The van der Waals surface area contributed by atoms with Gasteiger partial charge >= 0.3 is 0 Å². The summed E-state index contributed by atoms with van der Waals surface area (Å²) >= 11 is 0. The zero-order valence-electron chi connectivity index (χ0n) is 17.2. The van der Waals surface area contributed by atoms with E-state index in [0.717, 1.165) is 57.3 Å². The molecule has 1 atom stereocenters. The lowest BCUT2D eigenvalue weighted by atomic mass is 9.80. The van der Waals surface area contributed by atoms with Crippen LogP contribution in [0.25, 0.3) is 0 Å². The fourth-order valence-electron chi connectivity index (χ4n) is 5.36. The van der Waals surface area contributed by atoms with Gasteiger partial charge in [-0.3, -0.25) is 9.89 Å². The summed E-state index contributed by atoms with van der Waals surface area (Å²) in [5, 5.41) is 7.31. The Balaban J connectivity index is 1.26. The summed E-state index contributed by atoms with van der Waals surface area (Å²) in [6.45, 7) is 8.54. The average molecular weight is 378 g/mol. The third-order valence-electron chi connectivity index (χ3n) is 7.21. The molecule has 2 saturated heterocycles. The molecule has 0 amide bonds. The molecule has 27 heavy (non-hydrogen) atoms. The van der Waals surface area contributed by atoms with Crippen molar-refractivity contribution >= 4 is 5.96 Å². The molecular weight excluding hydrogens is 338 g/mol. The Hall–Kier alpha value is -0.850. The fourth-order valence-corrected chi connectivity index (χ4v) is 5.36. The average Bonchev–Trinajstić information content (AvgIpc) is 3.48. The van der Waals surface area contributed by atoms with Crippen LogP contribution in [-0.2, 0) is 4.74 Å². The highest BCUT2D eigenvalue weighted by Gasteiger charge is 2.39. The number of hydrogen-bond donors (Lipinski definition) is 2. The molecule has 2 heterocycles. The van der Waals surface area contributed by atoms with Crippen molar-refractivity contribution in [2.24, 2.45) is 10.9 Å². The maximum atomic E-state index is 5.61. The van der Waals surface area contributed by atoms with E-state index in [1.165, 1.54) is 64.5 Å². The molecule has 0 bridgehead atoms. The van der Waals surface area contributed by atoms with E-state index in [1.807, 2.05) is 7.05 Å². The Labute approximate surface area is 165 Å². The largest absolute Gasteiger partial charge is 0.379 e. The molecule has 6 nitrogen and oxygen atoms in total. The minimum Gasteiger partial charge on any atom is -0.379 e. The molecule has 2 saturated carbocycles. The van der Waals surface area contributed by atoms with Crippen LogP contribution in [0.1, 0.15) is 51.4 Å². The van der Waals surface area contributed by atoms with E-state index in [0.29, 0.717) is 0 Å². The van der Waals surface area contributed by atoms with Gasteiger partial charge in [0.2, 0.25) is 0 Å². The molecule has 4 rings (SSSR count). The summed E-state index contributed by atoms with van der Waals surface area (Å²) in [7, 11) is 1.91. The van der Waals surface area contributed by atoms with Crippen LogP contribution in [0.3, 0.4) is 0 Å². The maximum Gasteiger partial charge on any atom is 0.191 e. The van der Waals surface area contributed by atoms with Crippen molar-refractivity contribution in [1.82, 2.24) is 20.4 Å². The fraction of sp³-hybridized carbons (Fsp3) is 0.952. The van der Waals surface area contributed by atoms with Crippen LogP contribution in [0, 0.1) is 5.92 Å². The Kier molecular flexibility index (Phi) is 6.56. The minimum atomic E-state index is 0.287. The van der Waals surface area contributed by atoms with E-state index in [4.69, 9.17) is 4.74 Å². The highest BCUT2D eigenvalue weighted by Crippen LogP contribution is 2.34. The second-order valence-electron chi connectivity index (χ2n) is 9.07. The van der Waals surface area contributed by atoms with Crippen LogP contribution < -0.4 is 10.6 Å². The van der Waals surface area contributed by atoms with Gasteiger partial charge in [-0.15, -0.1) is 0 Å². The lowest BCUT2D eigenvalue weighted by Gasteiger charge is -2.48. The SMILES string of the molecule is CN=C(NCC1CCN(C2CC2)C1)NCC1(N2CCOCC2)CCCCC1. The Morgan fingerprint density at radius 3 is 2.52 bits per heavy atom. The van der Waals surface area contributed by atoms with Crippen molar-refractivity contribution < 1.29 is 4.74 Å². The van der Waals surface area contributed by atoms with Crippen molar-refractivity contribution in [3.05, 3.63) is 0 Å². The van der Waals surface area contributed by atoms with E-state index in [1.54, 1.807) is 0 Å². The smallest absolute Gasteiger partial charge is 0.191 e. The Morgan fingerprint density at radius 1 is 1.04 bits per heavy atom. The van der Waals surface area contributed by atoms with Gasteiger partial charge in [-0.05, 0) is 44.6 Å². The van der Waals surface area contributed by atoms with E-state index in [-0.39, 0.29) is 5.54 Å². The molecule has 0 aromatic carbocycles. The van der Waals surface area contributed by atoms with E-state index in [2.05, 4.69) is 25.4 Å². The highest BCUT2D eigenvalue weighted by atomic mass is 16.5. The predicted octanol–water partition coefficient (Wildman–Crippen LogP) is 1.67. The molecule has 4 aliphatic rings. The van der Waals surface area contributed by atoms with Gasteiger partial charge < -0.3 is 20.3 Å². The van der Waals surface area contributed by atoms with Crippen molar-refractivity contribution in [3.8, 4) is 0 Å². The standard InChI is InChI=1S/C21H39N5O/c1-22-20(23-15-18-7-10-25(16-18)19-5-6-19)24-17-21(8-3-2-4-9-21)26-11-13-27-14-12-26/h18-19H,2-17H2,1H3,(H2,22,23,24). The van der Waals surface area contributed by atoms with Crippen LogP contribution in [0.5, 0.6) is 0 Å². The molecule has 0 aromatic heterocycles. The van der Waals surface area contributed by atoms with Crippen LogP contribution in [-0.4, -0.2) is 86.9 Å². The van der Waals surface area contributed by atoms with E-state index >= 15 is 0 Å². The topological polar surface area (TPSA) is 52.1 Å². The molecular formula is C21H39N5O. The molecule has 1 unspecified atom stereocenters. The maximum absolute atomic E-state index is 5.61. The van der Waals surface area contributed by atoms with Gasteiger partial charge in [0.1, 0.15) is 0 Å². The molecule has 2 N–H and O–H groups in total. The summed E-state index contributed by atoms with van der Waals surface area (Å²) < 4.78 is 5.61. The number of rotatable bonds is 6. The quantitative estimate of drug-likeness (QED) is 0.545. The van der Waals surface area contributed by atoms with Crippen molar-refractivity contribution in [2.75, 3.05) is 59.5 Å². The van der Waals surface area contributed by atoms with Gasteiger partial charge in [0.15, 0.2) is 5.96 Å². The number of ether oxygens (including phenoxy) is 1.